The van der Waals surface area contributed by atoms with Gasteiger partial charge in [0.05, 0.1) is 11.3 Å². The molecule has 1 aromatic carbocycles. The van der Waals surface area contributed by atoms with Crippen LogP contribution in [0.4, 0.5) is 5.69 Å². The smallest absolute Gasteiger partial charge is 0.272 e. The summed E-state index contributed by atoms with van der Waals surface area (Å²) >= 11 is 10.3. The lowest BCUT2D eigenvalue weighted by Gasteiger charge is -2.12. The number of carbonyl (C=O) groups is 1. The van der Waals surface area contributed by atoms with Gasteiger partial charge in [-0.15, -0.1) is 22.7 Å². The van der Waals surface area contributed by atoms with Gasteiger partial charge in [-0.2, -0.15) is 0 Å². The number of amides is 1. The maximum absolute atomic E-state index is 13.0. The number of nitrogens with zero attached hydrogens (tertiary/aromatic N) is 2. The lowest BCUT2D eigenvalue weighted by Crippen LogP contribution is -2.24. The van der Waals surface area contributed by atoms with E-state index in [1.807, 2.05) is 22.9 Å². The van der Waals surface area contributed by atoms with Crippen molar-refractivity contribution in [2.75, 3.05) is 11.1 Å². The fourth-order valence-electron chi connectivity index (χ4n) is 2.80. The van der Waals surface area contributed by atoms with E-state index in [0.717, 1.165) is 6.42 Å². The van der Waals surface area contributed by atoms with Crippen molar-refractivity contribution in [3.8, 4) is 0 Å². The van der Waals surface area contributed by atoms with Crippen molar-refractivity contribution in [3.63, 3.8) is 0 Å². The molecule has 3 aromatic heterocycles. The second kappa shape index (κ2) is 9.13. The van der Waals surface area contributed by atoms with Gasteiger partial charge in [-0.1, -0.05) is 35.5 Å². The van der Waals surface area contributed by atoms with E-state index in [9.17, 15) is 9.59 Å². The van der Waals surface area contributed by atoms with Gasteiger partial charge in [0.25, 0.3) is 5.56 Å². The highest BCUT2D eigenvalue weighted by Crippen LogP contribution is 2.22. The molecule has 0 aliphatic heterocycles. The predicted octanol–water partition coefficient (Wildman–Crippen LogP) is 5.15. The number of rotatable bonds is 7. The molecule has 4 rings (SSSR count). The molecule has 0 atom stereocenters. The summed E-state index contributed by atoms with van der Waals surface area (Å²) in [6.07, 6.45) is 0.748. The van der Waals surface area contributed by atoms with Gasteiger partial charge in [0.1, 0.15) is 4.70 Å². The Labute approximate surface area is 184 Å². The van der Waals surface area contributed by atoms with Gasteiger partial charge in [-0.05, 0) is 47.5 Å². The molecule has 0 saturated heterocycles. The van der Waals surface area contributed by atoms with Crippen molar-refractivity contribution in [3.05, 3.63) is 73.5 Å². The van der Waals surface area contributed by atoms with Crippen LogP contribution in [-0.2, 0) is 17.8 Å². The molecule has 0 saturated carbocycles. The second-order valence-electron chi connectivity index (χ2n) is 6.16. The Morgan fingerprint density at radius 3 is 2.86 bits per heavy atom. The molecule has 0 radical (unpaired) electrons. The van der Waals surface area contributed by atoms with Crippen molar-refractivity contribution in [1.82, 2.24) is 9.55 Å². The standard InChI is InChI=1S/C20H16ClN3O2S3/c21-13-3-1-4-14(11-13)22-17(25)12-29-20-23-16-7-10-28-18(16)19(26)24(20)8-6-15-5-2-9-27-15/h1-5,7,9-11H,6,8,12H2,(H,22,25). The number of nitrogens with one attached hydrogen (secondary N) is 1. The first-order chi connectivity index (χ1) is 14.1. The van der Waals surface area contributed by atoms with Crippen LogP contribution in [0.2, 0.25) is 5.02 Å². The Hall–Kier alpha value is -2.13. The molecule has 148 valence electrons. The number of thioether (sulfide) groups is 1. The number of aryl methyl sites for hydroxylation is 1. The summed E-state index contributed by atoms with van der Waals surface area (Å²) in [4.78, 5) is 31.2. The van der Waals surface area contributed by atoms with Gasteiger partial charge in [-0.25, -0.2) is 4.98 Å². The Kier molecular flexibility index (Phi) is 6.34. The van der Waals surface area contributed by atoms with E-state index in [0.29, 0.717) is 32.6 Å². The Morgan fingerprint density at radius 2 is 2.07 bits per heavy atom. The number of benzene rings is 1. The van der Waals surface area contributed by atoms with Crippen LogP contribution in [0.25, 0.3) is 10.2 Å². The average Bonchev–Trinajstić information content (AvgIpc) is 3.37. The largest absolute Gasteiger partial charge is 0.325 e. The molecule has 0 fully saturated rings. The SMILES string of the molecule is O=C(CSc1nc2ccsc2c(=O)n1CCc1cccs1)Nc1cccc(Cl)c1. The summed E-state index contributed by atoms with van der Waals surface area (Å²) in [6.45, 7) is 0.526. The van der Waals surface area contributed by atoms with E-state index in [1.165, 1.54) is 28.0 Å². The van der Waals surface area contributed by atoms with Crippen LogP contribution in [0.5, 0.6) is 0 Å². The molecule has 0 bridgehead atoms. The summed E-state index contributed by atoms with van der Waals surface area (Å²) in [5.74, 6) is -0.0325. The molecule has 0 aliphatic carbocycles. The zero-order valence-corrected chi connectivity index (χ0v) is 18.3. The van der Waals surface area contributed by atoms with Crippen LogP contribution in [0.15, 0.2) is 63.2 Å². The minimum absolute atomic E-state index is 0.0562. The highest BCUT2D eigenvalue weighted by atomic mass is 35.5. The fourth-order valence-corrected chi connectivity index (χ4v) is 5.29. The van der Waals surface area contributed by atoms with Crippen molar-refractivity contribution in [2.45, 2.75) is 18.1 Å². The first-order valence-corrected chi connectivity index (χ1v) is 11.9. The highest BCUT2D eigenvalue weighted by molar-refractivity contribution is 7.99. The molecule has 9 heteroatoms. The summed E-state index contributed by atoms with van der Waals surface area (Å²) in [7, 11) is 0. The van der Waals surface area contributed by atoms with Gasteiger partial charge in [0.2, 0.25) is 5.91 Å². The van der Waals surface area contributed by atoms with Gasteiger partial charge >= 0.3 is 0 Å². The van der Waals surface area contributed by atoms with Crippen LogP contribution >= 0.6 is 46.0 Å². The number of hydrogen-bond donors (Lipinski definition) is 1. The maximum atomic E-state index is 13.0. The van der Waals surface area contributed by atoms with Crippen molar-refractivity contribution < 1.29 is 4.79 Å². The van der Waals surface area contributed by atoms with Gasteiger partial charge in [0, 0.05) is 22.1 Å². The molecule has 29 heavy (non-hydrogen) atoms. The summed E-state index contributed by atoms with van der Waals surface area (Å²) < 4.78 is 2.32. The number of hydrogen-bond acceptors (Lipinski definition) is 6. The summed E-state index contributed by atoms with van der Waals surface area (Å²) in [5, 5.41) is 7.82. The Bertz CT molecular complexity index is 1200. The quantitative estimate of drug-likeness (QED) is 0.305. The predicted molar refractivity (Wildman–Crippen MR) is 123 cm³/mol. The van der Waals surface area contributed by atoms with E-state index in [-0.39, 0.29) is 17.2 Å². The van der Waals surface area contributed by atoms with Crippen LogP contribution in [0.3, 0.4) is 0 Å². The Morgan fingerprint density at radius 1 is 1.17 bits per heavy atom. The number of fused-ring (bicyclic) bond motifs is 1. The monoisotopic (exact) mass is 461 g/mol. The topological polar surface area (TPSA) is 64.0 Å². The number of carbonyl (C=O) groups excluding carboxylic acids is 1. The second-order valence-corrected chi connectivity index (χ2v) is 9.49. The average molecular weight is 462 g/mol. The molecular formula is C20H16ClN3O2S3. The lowest BCUT2D eigenvalue weighted by atomic mass is 10.3. The molecule has 0 aliphatic rings. The van der Waals surface area contributed by atoms with E-state index >= 15 is 0 Å². The molecule has 1 N–H and O–H groups in total. The maximum Gasteiger partial charge on any atom is 0.272 e. The van der Waals surface area contributed by atoms with Crippen LogP contribution < -0.4 is 10.9 Å². The third-order valence-corrected chi connectivity index (χ3v) is 7.17. The summed E-state index contributed by atoms with van der Waals surface area (Å²) in [5.41, 5.74) is 1.25. The molecule has 0 spiro atoms. The van der Waals surface area contributed by atoms with Crippen molar-refractivity contribution in [1.29, 1.82) is 0 Å². The van der Waals surface area contributed by atoms with Gasteiger partial charge in [0.15, 0.2) is 5.16 Å². The number of thiophene rings is 2. The number of aromatic nitrogens is 2. The summed E-state index contributed by atoms with van der Waals surface area (Å²) in [6, 6.07) is 12.9. The zero-order chi connectivity index (χ0) is 20.2. The molecule has 4 aromatic rings. The van der Waals surface area contributed by atoms with E-state index in [2.05, 4.69) is 16.4 Å². The molecule has 0 unspecified atom stereocenters. The van der Waals surface area contributed by atoms with Gasteiger partial charge in [-0.3, -0.25) is 14.2 Å². The molecular weight excluding hydrogens is 446 g/mol. The number of halogens is 1. The molecule has 1 amide bonds. The third kappa shape index (κ3) is 4.90. The Balaban J connectivity index is 1.52. The van der Waals surface area contributed by atoms with E-state index in [1.54, 1.807) is 40.2 Å². The minimum Gasteiger partial charge on any atom is -0.325 e. The first kappa shape index (κ1) is 20.2. The third-order valence-electron chi connectivity index (χ3n) is 4.13. The van der Waals surface area contributed by atoms with Crippen LogP contribution in [0.1, 0.15) is 4.88 Å². The van der Waals surface area contributed by atoms with Crippen LogP contribution in [0, 0.1) is 0 Å². The normalized spacial score (nSPS) is 11.1. The van der Waals surface area contributed by atoms with Crippen molar-refractivity contribution in [2.24, 2.45) is 0 Å². The lowest BCUT2D eigenvalue weighted by molar-refractivity contribution is -0.113. The number of anilines is 1. The molecule has 3 heterocycles. The molecule has 5 nitrogen and oxygen atoms in total. The van der Waals surface area contributed by atoms with Crippen molar-refractivity contribution >= 4 is 67.8 Å². The van der Waals surface area contributed by atoms with E-state index < -0.39 is 0 Å². The van der Waals surface area contributed by atoms with E-state index in [4.69, 9.17) is 11.6 Å². The van der Waals surface area contributed by atoms with Crippen LogP contribution in [-0.4, -0.2) is 21.2 Å². The highest BCUT2D eigenvalue weighted by Gasteiger charge is 2.14. The minimum atomic E-state index is -0.179. The first-order valence-electron chi connectivity index (χ1n) is 8.79. The van der Waals surface area contributed by atoms with Gasteiger partial charge < -0.3 is 5.32 Å². The zero-order valence-electron chi connectivity index (χ0n) is 15.1. The fraction of sp³-hybridized carbons (Fsp3) is 0.150.